The predicted octanol–water partition coefficient (Wildman–Crippen LogP) is 6.31. The molecule has 1 aliphatic heterocycles. The number of thiazole rings is 1. The highest BCUT2D eigenvalue weighted by atomic mass is 32.1. The smallest absolute Gasteiger partial charge is 0.420 e. The van der Waals surface area contributed by atoms with E-state index in [1.807, 2.05) is 45.9 Å². The van der Waals surface area contributed by atoms with Gasteiger partial charge in [0.15, 0.2) is 0 Å². The molecule has 0 radical (unpaired) electrons. The Kier molecular flexibility index (Phi) is 7.48. The number of carbonyl (C=O) groups is 2. The van der Waals surface area contributed by atoms with Gasteiger partial charge in [0.1, 0.15) is 23.1 Å². The first-order valence-electron chi connectivity index (χ1n) is 13.6. The van der Waals surface area contributed by atoms with Gasteiger partial charge in [0.2, 0.25) is 0 Å². The molecule has 1 fully saturated rings. The third-order valence-corrected chi connectivity index (χ3v) is 8.14. The lowest BCUT2D eigenvalue weighted by Gasteiger charge is -2.33. The largest absolute Gasteiger partial charge is 0.465 e. The summed E-state index contributed by atoms with van der Waals surface area (Å²) in [7, 11) is 0. The Morgan fingerprint density at radius 2 is 2.10 bits per heavy atom. The summed E-state index contributed by atoms with van der Waals surface area (Å²) in [6, 6.07) is 9.46. The van der Waals surface area contributed by atoms with Gasteiger partial charge >= 0.3 is 12.2 Å². The Bertz CT molecular complexity index is 1680. The van der Waals surface area contributed by atoms with Crippen molar-refractivity contribution in [3.05, 3.63) is 46.6 Å². The number of likely N-dealkylation sites (tertiary alicyclic amines) is 1. The number of nitrogens with zero attached hydrogens (tertiary/aromatic N) is 6. The summed E-state index contributed by atoms with van der Waals surface area (Å²) >= 11 is 1.57. The zero-order valence-corrected chi connectivity index (χ0v) is 24.6. The van der Waals surface area contributed by atoms with Crippen LogP contribution in [0.5, 0.6) is 0 Å². The fraction of sp³-hybridized carbons (Fsp3) is 0.414. The van der Waals surface area contributed by atoms with Crippen molar-refractivity contribution in [2.24, 2.45) is 0 Å². The average Bonchev–Trinajstić information content (AvgIpc) is 3.57. The van der Waals surface area contributed by atoms with Gasteiger partial charge in [-0.1, -0.05) is 6.92 Å². The van der Waals surface area contributed by atoms with E-state index in [1.165, 1.54) is 9.80 Å². The van der Waals surface area contributed by atoms with E-state index in [9.17, 15) is 20.0 Å². The Hall–Kier alpha value is -4.37. The predicted molar refractivity (Wildman–Crippen MR) is 158 cm³/mol. The maximum Gasteiger partial charge on any atom is 0.420 e. The Morgan fingerprint density at radius 1 is 1.32 bits per heavy atom. The van der Waals surface area contributed by atoms with Crippen LogP contribution >= 0.6 is 11.3 Å². The van der Waals surface area contributed by atoms with E-state index in [0.29, 0.717) is 46.8 Å². The fourth-order valence-electron chi connectivity index (χ4n) is 5.15. The SMILES string of the molecule is CCc1nc2ccc(N(C(=O)OC(C)(C)C)c3c(C)c(N[C@H]4CCCN(C(=O)O)C4)c(C#N)c4ccnn34)cc2s1. The normalized spacial score (nSPS) is 15.6. The number of ether oxygens (including phenoxy) is 1. The number of piperidine rings is 1. The van der Waals surface area contributed by atoms with Crippen LogP contribution in [0.25, 0.3) is 15.7 Å². The highest BCUT2D eigenvalue weighted by Gasteiger charge is 2.32. The molecular weight excluding hydrogens is 542 g/mol. The van der Waals surface area contributed by atoms with Gasteiger partial charge in [-0.3, -0.25) is 0 Å². The molecule has 11 nitrogen and oxygen atoms in total. The maximum absolute atomic E-state index is 13.9. The first-order chi connectivity index (χ1) is 19.5. The summed E-state index contributed by atoms with van der Waals surface area (Å²) < 4.78 is 8.41. The molecule has 0 saturated carbocycles. The average molecular weight is 576 g/mol. The molecule has 214 valence electrons. The zero-order valence-electron chi connectivity index (χ0n) is 23.8. The molecule has 4 aromatic rings. The van der Waals surface area contributed by atoms with E-state index in [2.05, 4.69) is 28.4 Å². The van der Waals surface area contributed by atoms with Crippen molar-refractivity contribution in [3.8, 4) is 6.07 Å². The topological polar surface area (TPSA) is 136 Å². The highest BCUT2D eigenvalue weighted by Crippen LogP contribution is 2.39. The second kappa shape index (κ2) is 10.9. The van der Waals surface area contributed by atoms with Crippen molar-refractivity contribution in [3.63, 3.8) is 0 Å². The van der Waals surface area contributed by atoms with Crippen LogP contribution in [0.1, 0.15) is 56.7 Å². The number of nitriles is 1. The summed E-state index contributed by atoms with van der Waals surface area (Å²) in [5.41, 5.74) is 2.68. The molecule has 1 aliphatic rings. The molecule has 1 atom stereocenters. The van der Waals surface area contributed by atoms with Crippen LogP contribution in [0, 0.1) is 18.3 Å². The van der Waals surface area contributed by atoms with E-state index < -0.39 is 17.8 Å². The lowest BCUT2D eigenvalue weighted by molar-refractivity contribution is 0.0597. The molecular formula is C29H33N7O4S. The monoisotopic (exact) mass is 575 g/mol. The number of carboxylic acid groups (broad SMARTS) is 1. The number of nitrogens with one attached hydrogen (secondary N) is 1. The van der Waals surface area contributed by atoms with Crippen LogP contribution in [-0.4, -0.2) is 61.5 Å². The molecule has 0 bridgehead atoms. The molecule has 41 heavy (non-hydrogen) atoms. The third-order valence-electron chi connectivity index (χ3n) is 6.98. The summed E-state index contributed by atoms with van der Waals surface area (Å²) in [4.78, 5) is 33.1. The number of hydrogen-bond acceptors (Lipinski definition) is 8. The minimum atomic E-state index is -0.971. The van der Waals surface area contributed by atoms with Gasteiger partial charge in [-0.05, 0) is 71.2 Å². The van der Waals surface area contributed by atoms with Gasteiger partial charge in [-0.2, -0.15) is 10.4 Å². The molecule has 3 aromatic heterocycles. The van der Waals surface area contributed by atoms with Crippen molar-refractivity contribution in [2.45, 2.75) is 65.5 Å². The maximum atomic E-state index is 13.9. The number of aryl methyl sites for hydroxylation is 1. The third kappa shape index (κ3) is 5.50. The van der Waals surface area contributed by atoms with Gasteiger partial charge in [-0.15, -0.1) is 11.3 Å². The van der Waals surface area contributed by atoms with E-state index in [-0.39, 0.29) is 12.6 Å². The van der Waals surface area contributed by atoms with E-state index in [1.54, 1.807) is 28.1 Å². The standard InChI is InChI=1S/C29H33N7O4S/c1-6-24-33-21-10-9-19(14-23(21)41-24)35(28(39)40-29(3,4)5)26-17(2)25(20(15-30)22-11-12-31-36(22)26)32-18-8-7-13-34(16-18)27(37)38/h9-12,14,18,32H,6-8,13,16H2,1-5H3,(H,37,38)/t18-/m0/s1. The molecule has 12 heteroatoms. The number of amides is 2. The Morgan fingerprint density at radius 3 is 2.78 bits per heavy atom. The summed E-state index contributed by atoms with van der Waals surface area (Å²) in [5, 5.41) is 28.8. The Balaban J connectivity index is 1.70. The fourth-order valence-corrected chi connectivity index (χ4v) is 6.09. The number of fused-ring (bicyclic) bond motifs is 2. The molecule has 1 aromatic carbocycles. The van der Waals surface area contributed by atoms with Crippen LogP contribution in [0.4, 0.5) is 26.8 Å². The highest BCUT2D eigenvalue weighted by molar-refractivity contribution is 7.18. The van der Waals surface area contributed by atoms with Crippen LogP contribution in [0.2, 0.25) is 0 Å². The second-order valence-electron chi connectivity index (χ2n) is 11.1. The number of anilines is 3. The number of rotatable bonds is 5. The van der Waals surface area contributed by atoms with Crippen LogP contribution < -0.4 is 10.2 Å². The summed E-state index contributed by atoms with van der Waals surface area (Å²) in [5.74, 6) is 0.422. The molecule has 5 rings (SSSR count). The molecule has 4 heterocycles. The quantitative estimate of drug-likeness (QED) is 0.282. The number of carbonyl (C=O) groups excluding carboxylic acids is 1. The first-order valence-corrected chi connectivity index (χ1v) is 14.4. The van der Waals surface area contributed by atoms with Crippen molar-refractivity contribution in [2.75, 3.05) is 23.3 Å². The number of hydrogen-bond donors (Lipinski definition) is 2. The molecule has 2 N–H and O–H groups in total. The number of pyridine rings is 1. The van der Waals surface area contributed by atoms with E-state index in [0.717, 1.165) is 28.1 Å². The van der Waals surface area contributed by atoms with Gasteiger partial charge < -0.3 is 20.1 Å². The van der Waals surface area contributed by atoms with Crippen molar-refractivity contribution < 1.29 is 19.4 Å². The van der Waals surface area contributed by atoms with Crippen LogP contribution in [0.3, 0.4) is 0 Å². The van der Waals surface area contributed by atoms with Crippen molar-refractivity contribution >= 4 is 56.4 Å². The van der Waals surface area contributed by atoms with Gasteiger partial charge in [0, 0.05) is 24.7 Å². The minimum Gasteiger partial charge on any atom is -0.465 e. The summed E-state index contributed by atoms with van der Waals surface area (Å²) in [6.45, 7) is 10.1. The first kappa shape index (κ1) is 28.2. The molecule has 0 unspecified atom stereocenters. The lowest BCUT2D eigenvalue weighted by Crippen LogP contribution is -2.44. The summed E-state index contributed by atoms with van der Waals surface area (Å²) in [6.07, 6.45) is 2.27. The van der Waals surface area contributed by atoms with Crippen molar-refractivity contribution in [1.29, 1.82) is 5.26 Å². The second-order valence-corrected chi connectivity index (χ2v) is 12.2. The van der Waals surface area contributed by atoms with Gasteiger partial charge in [0.25, 0.3) is 0 Å². The van der Waals surface area contributed by atoms with E-state index in [4.69, 9.17) is 4.74 Å². The molecule has 2 amide bonds. The van der Waals surface area contributed by atoms with Gasteiger partial charge in [0.05, 0.1) is 38.3 Å². The van der Waals surface area contributed by atoms with Gasteiger partial charge in [-0.25, -0.2) is 24.0 Å². The Labute approximate surface area is 241 Å². The minimum absolute atomic E-state index is 0.208. The molecule has 1 saturated heterocycles. The number of benzene rings is 1. The molecule has 0 spiro atoms. The molecule has 0 aliphatic carbocycles. The zero-order chi connectivity index (χ0) is 29.5. The number of aromatic nitrogens is 3. The van der Waals surface area contributed by atoms with Crippen LogP contribution in [0.15, 0.2) is 30.5 Å². The van der Waals surface area contributed by atoms with E-state index >= 15 is 0 Å². The lowest BCUT2D eigenvalue weighted by atomic mass is 10.0. The van der Waals surface area contributed by atoms with Crippen LogP contribution in [-0.2, 0) is 11.2 Å². The van der Waals surface area contributed by atoms with Crippen molar-refractivity contribution in [1.82, 2.24) is 19.5 Å².